The number of hydrogen-bond donors (Lipinski definition) is 2. The number of amides is 1. The molecule has 0 aliphatic rings. The predicted molar refractivity (Wildman–Crippen MR) is 177 cm³/mol. The summed E-state index contributed by atoms with van der Waals surface area (Å²) in [6.45, 7) is 2.74. The Bertz CT molecular complexity index is 1530. The minimum Gasteiger partial charge on any atom is -0.480 e. The highest BCUT2D eigenvalue weighted by Gasteiger charge is 2.21. The van der Waals surface area contributed by atoms with Crippen LogP contribution in [-0.2, 0) is 22.6 Å². The minimum absolute atomic E-state index is 0.164. The number of unbranched alkanes of at least 4 members (excludes halogenated alkanes) is 4. The molecule has 0 bridgehead atoms. The van der Waals surface area contributed by atoms with Crippen LogP contribution in [0.5, 0.6) is 0 Å². The molecule has 6 heteroatoms. The Balaban J connectivity index is 1.39. The predicted octanol–water partition coefficient (Wildman–Crippen LogP) is 8.01. The van der Waals surface area contributed by atoms with E-state index in [0.717, 1.165) is 35.1 Å². The molecule has 1 amide bonds. The Hall–Kier alpha value is -4.71. The molecule has 0 spiro atoms. The van der Waals surface area contributed by atoms with Crippen molar-refractivity contribution < 1.29 is 19.5 Å². The van der Waals surface area contributed by atoms with Crippen molar-refractivity contribution in [2.75, 3.05) is 12.4 Å². The van der Waals surface area contributed by atoms with Gasteiger partial charge < -0.3 is 15.3 Å². The summed E-state index contributed by atoms with van der Waals surface area (Å²) in [5.74, 6) is -0.990. The van der Waals surface area contributed by atoms with Crippen LogP contribution in [0.2, 0.25) is 0 Å². The summed E-state index contributed by atoms with van der Waals surface area (Å²) < 4.78 is 0. The first-order chi connectivity index (χ1) is 21.4. The van der Waals surface area contributed by atoms with Gasteiger partial charge in [0, 0.05) is 43.2 Å². The molecule has 1 atom stereocenters. The van der Waals surface area contributed by atoms with Gasteiger partial charge in [0.1, 0.15) is 6.04 Å². The molecule has 4 rings (SSSR count). The van der Waals surface area contributed by atoms with Gasteiger partial charge in [0.05, 0.1) is 0 Å². The van der Waals surface area contributed by atoms with Gasteiger partial charge >= 0.3 is 5.97 Å². The third kappa shape index (κ3) is 9.14. The molecule has 0 aliphatic carbocycles. The van der Waals surface area contributed by atoms with Crippen LogP contribution in [0.25, 0.3) is 11.1 Å². The molecule has 0 unspecified atom stereocenters. The van der Waals surface area contributed by atoms with Gasteiger partial charge in [-0.05, 0) is 46.9 Å². The topological polar surface area (TPSA) is 86.7 Å². The Morgan fingerprint density at radius 1 is 0.750 bits per heavy atom. The molecule has 0 saturated heterocycles. The number of carbonyl (C=O) groups is 3. The SMILES string of the molecule is CCCCCCCC(=O)N(C)Cc1cccc(-c2ccc(C[C@H](Nc3ccccc3C(=O)c3ccccc3)C(=O)O)cc2)c1. The van der Waals surface area contributed by atoms with Crippen LogP contribution in [0.4, 0.5) is 5.69 Å². The maximum absolute atomic E-state index is 13.1. The van der Waals surface area contributed by atoms with Crippen LogP contribution in [-0.4, -0.2) is 40.8 Å². The number of carboxylic acids is 1. The van der Waals surface area contributed by atoms with E-state index in [9.17, 15) is 19.5 Å². The minimum atomic E-state index is -0.997. The van der Waals surface area contributed by atoms with Gasteiger partial charge in [-0.1, -0.05) is 118 Å². The summed E-state index contributed by atoms with van der Waals surface area (Å²) in [6.07, 6.45) is 6.47. The quantitative estimate of drug-likeness (QED) is 0.102. The molecular weight excluding hydrogens is 548 g/mol. The fourth-order valence-corrected chi connectivity index (χ4v) is 5.29. The highest BCUT2D eigenvalue weighted by atomic mass is 16.4. The fraction of sp³-hybridized carbons (Fsp3) is 0.289. The van der Waals surface area contributed by atoms with E-state index in [1.165, 1.54) is 19.3 Å². The number of benzene rings is 4. The molecule has 44 heavy (non-hydrogen) atoms. The first-order valence-corrected chi connectivity index (χ1v) is 15.5. The molecule has 0 aliphatic heterocycles. The van der Waals surface area contributed by atoms with Gasteiger partial charge in [-0.15, -0.1) is 0 Å². The van der Waals surface area contributed by atoms with E-state index < -0.39 is 12.0 Å². The Morgan fingerprint density at radius 2 is 1.45 bits per heavy atom. The summed E-state index contributed by atoms with van der Waals surface area (Å²) in [4.78, 5) is 39.8. The van der Waals surface area contributed by atoms with Crippen LogP contribution in [0.3, 0.4) is 0 Å². The molecule has 4 aromatic carbocycles. The van der Waals surface area contributed by atoms with E-state index in [1.807, 2.05) is 55.6 Å². The number of carboxylic acid groups (broad SMARTS) is 1. The molecule has 6 nitrogen and oxygen atoms in total. The third-order valence-corrected chi connectivity index (χ3v) is 7.83. The number of nitrogens with zero attached hydrogens (tertiary/aromatic N) is 1. The number of carbonyl (C=O) groups excluding carboxylic acids is 2. The number of rotatable bonds is 16. The zero-order valence-electron chi connectivity index (χ0n) is 25.7. The lowest BCUT2D eigenvalue weighted by atomic mass is 9.98. The number of nitrogens with one attached hydrogen (secondary N) is 1. The average molecular weight is 591 g/mol. The molecule has 228 valence electrons. The second-order valence-electron chi connectivity index (χ2n) is 11.3. The van der Waals surface area contributed by atoms with Crippen molar-refractivity contribution in [3.63, 3.8) is 0 Å². The highest BCUT2D eigenvalue weighted by molar-refractivity contribution is 6.12. The van der Waals surface area contributed by atoms with Gasteiger partial charge in [-0.2, -0.15) is 0 Å². The monoisotopic (exact) mass is 590 g/mol. The lowest BCUT2D eigenvalue weighted by molar-refractivity contribution is -0.138. The van der Waals surface area contributed by atoms with Gasteiger partial charge in [0.2, 0.25) is 5.91 Å². The normalized spacial score (nSPS) is 11.5. The van der Waals surface area contributed by atoms with Crippen molar-refractivity contribution in [3.8, 4) is 11.1 Å². The van der Waals surface area contributed by atoms with Crippen LogP contribution in [0.15, 0.2) is 103 Å². The maximum atomic E-state index is 13.1. The summed E-state index contributed by atoms with van der Waals surface area (Å²) in [5, 5.41) is 13.1. The van der Waals surface area contributed by atoms with E-state index in [4.69, 9.17) is 0 Å². The Labute approximate surface area is 260 Å². The van der Waals surface area contributed by atoms with Gasteiger partial charge in [-0.25, -0.2) is 4.79 Å². The van der Waals surface area contributed by atoms with Crippen LogP contribution in [0.1, 0.15) is 72.5 Å². The van der Waals surface area contributed by atoms with E-state index in [0.29, 0.717) is 29.8 Å². The number of anilines is 1. The Morgan fingerprint density at radius 3 is 2.18 bits per heavy atom. The lowest BCUT2D eigenvalue weighted by Gasteiger charge is -2.19. The largest absolute Gasteiger partial charge is 0.480 e. The zero-order chi connectivity index (χ0) is 31.3. The number of para-hydroxylation sites is 1. The van der Waals surface area contributed by atoms with Gasteiger partial charge in [0.15, 0.2) is 5.78 Å². The standard InChI is InChI=1S/C38H42N2O4/c1-3-4-5-6-10-20-36(41)40(2)27-29-14-13-17-32(25-29)30-23-21-28(22-24-30)26-35(38(43)44)39-34-19-12-11-18-33(34)37(42)31-15-8-7-9-16-31/h7-9,11-19,21-25,35,39H,3-6,10,20,26-27H2,1-2H3,(H,43,44)/t35-/m0/s1. The second-order valence-corrected chi connectivity index (χ2v) is 11.3. The third-order valence-electron chi connectivity index (χ3n) is 7.83. The van der Waals surface area contributed by atoms with Crippen LogP contribution >= 0.6 is 0 Å². The molecule has 0 aromatic heterocycles. The number of hydrogen-bond acceptors (Lipinski definition) is 4. The summed E-state index contributed by atoms with van der Waals surface area (Å²) >= 11 is 0. The molecule has 0 saturated carbocycles. The zero-order valence-corrected chi connectivity index (χ0v) is 25.7. The number of ketones is 1. The highest BCUT2D eigenvalue weighted by Crippen LogP contribution is 2.24. The first kappa shape index (κ1) is 32.2. The molecule has 0 radical (unpaired) electrons. The van der Waals surface area contributed by atoms with E-state index in [2.05, 4.69) is 18.3 Å². The number of aliphatic carboxylic acids is 1. The van der Waals surface area contributed by atoms with E-state index in [1.54, 1.807) is 53.4 Å². The average Bonchev–Trinajstić information content (AvgIpc) is 3.05. The molecule has 2 N–H and O–H groups in total. The van der Waals surface area contributed by atoms with E-state index in [-0.39, 0.29) is 18.1 Å². The smallest absolute Gasteiger partial charge is 0.326 e. The lowest BCUT2D eigenvalue weighted by Crippen LogP contribution is -2.32. The summed E-state index contributed by atoms with van der Waals surface area (Å²) in [5.41, 5.74) is 5.44. The van der Waals surface area contributed by atoms with Gasteiger partial charge in [0.25, 0.3) is 0 Å². The molecular formula is C38H42N2O4. The van der Waals surface area contributed by atoms with Crippen LogP contribution < -0.4 is 5.32 Å². The molecule has 0 fully saturated rings. The maximum Gasteiger partial charge on any atom is 0.326 e. The van der Waals surface area contributed by atoms with Crippen LogP contribution in [0, 0.1) is 0 Å². The van der Waals surface area contributed by atoms with Crippen molar-refractivity contribution in [2.45, 2.75) is 64.5 Å². The van der Waals surface area contributed by atoms with Gasteiger partial charge in [-0.3, -0.25) is 9.59 Å². The fourth-order valence-electron chi connectivity index (χ4n) is 5.29. The molecule has 4 aromatic rings. The van der Waals surface area contributed by atoms with Crippen molar-refractivity contribution in [2.24, 2.45) is 0 Å². The van der Waals surface area contributed by atoms with E-state index >= 15 is 0 Å². The Kier molecular flexibility index (Phi) is 11.9. The van der Waals surface area contributed by atoms with Crippen molar-refractivity contribution >= 4 is 23.3 Å². The molecule has 0 heterocycles. The van der Waals surface area contributed by atoms with Crippen molar-refractivity contribution in [1.82, 2.24) is 4.90 Å². The first-order valence-electron chi connectivity index (χ1n) is 15.5. The summed E-state index contributed by atoms with van der Waals surface area (Å²) in [6, 6.07) is 31.1. The summed E-state index contributed by atoms with van der Waals surface area (Å²) in [7, 11) is 1.86. The second kappa shape index (κ2) is 16.2. The van der Waals surface area contributed by atoms with Crippen molar-refractivity contribution in [1.29, 1.82) is 0 Å². The van der Waals surface area contributed by atoms with Crippen molar-refractivity contribution in [3.05, 3.63) is 125 Å².